The van der Waals surface area contributed by atoms with Gasteiger partial charge < -0.3 is 5.32 Å². The van der Waals surface area contributed by atoms with E-state index >= 15 is 0 Å². The summed E-state index contributed by atoms with van der Waals surface area (Å²) in [6.07, 6.45) is 2.11. The van der Waals surface area contributed by atoms with E-state index in [-0.39, 0.29) is 18.9 Å². The summed E-state index contributed by atoms with van der Waals surface area (Å²) in [6, 6.07) is 3.60. The SMILES string of the molecule is Cc1cc(C)c(N(CCC(=O)NCCC(C)C)S(C)(=O)=O)c(Cl)c1. The molecule has 0 fully saturated rings. The first-order valence-corrected chi connectivity index (χ1v) is 10.3. The molecule has 1 N–H and O–H groups in total. The van der Waals surface area contributed by atoms with Gasteiger partial charge in [0.25, 0.3) is 0 Å². The number of rotatable bonds is 8. The number of carbonyl (C=O) groups excluding carboxylic acids is 1. The molecular weight excluding hydrogens is 348 g/mol. The van der Waals surface area contributed by atoms with E-state index in [1.54, 1.807) is 6.07 Å². The Morgan fingerprint density at radius 1 is 1.29 bits per heavy atom. The Morgan fingerprint density at radius 3 is 2.42 bits per heavy atom. The van der Waals surface area contributed by atoms with Crippen molar-refractivity contribution in [2.24, 2.45) is 5.92 Å². The van der Waals surface area contributed by atoms with Gasteiger partial charge >= 0.3 is 0 Å². The highest BCUT2D eigenvalue weighted by molar-refractivity contribution is 7.92. The van der Waals surface area contributed by atoms with Gasteiger partial charge in [0.2, 0.25) is 15.9 Å². The van der Waals surface area contributed by atoms with Crippen molar-refractivity contribution in [1.29, 1.82) is 0 Å². The smallest absolute Gasteiger partial charge is 0.232 e. The maximum absolute atomic E-state index is 12.2. The molecule has 1 amide bonds. The van der Waals surface area contributed by atoms with Crippen molar-refractivity contribution in [2.45, 2.75) is 40.5 Å². The highest BCUT2D eigenvalue weighted by Gasteiger charge is 2.23. The maximum Gasteiger partial charge on any atom is 0.232 e. The summed E-state index contributed by atoms with van der Waals surface area (Å²) < 4.78 is 25.6. The number of hydrogen-bond donors (Lipinski definition) is 1. The normalized spacial score (nSPS) is 11.6. The lowest BCUT2D eigenvalue weighted by Crippen LogP contribution is -2.35. The van der Waals surface area contributed by atoms with Crippen LogP contribution in [0.15, 0.2) is 12.1 Å². The number of benzene rings is 1. The zero-order valence-electron chi connectivity index (χ0n) is 15.0. The van der Waals surface area contributed by atoms with Crippen LogP contribution in [0.1, 0.15) is 37.8 Å². The Hall–Kier alpha value is -1.27. The number of sulfonamides is 1. The predicted octanol–water partition coefficient (Wildman–Crippen LogP) is 3.28. The number of aryl methyl sites for hydroxylation is 2. The lowest BCUT2D eigenvalue weighted by molar-refractivity contribution is -0.120. The monoisotopic (exact) mass is 374 g/mol. The molecule has 0 atom stereocenters. The van der Waals surface area contributed by atoms with Gasteiger partial charge in [0.1, 0.15) is 0 Å². The van der Waals surface area contributed by atoms with Crippen LogP contribution in [0.5, 0.6) is 0 Å². The summed E-state index contributed by atoms with van der Waals surface area (Å²) >= 11 is 6.26. The summed E-state index contributed by atoms with van der Waals surface area (Å²) in [5.41, 5.74) is 2.17. The van der Waals surface area contributed by atoms with E-state index in [9.17, 15) is 13.2 Å². The molecule has 0 unspecified atom stereocenters. The molecule has 136 valence electrons. The number of amides is 1. The second-order valence-corrected chi connectivity index (χ2v) is 8.84. The number of nitrogens with zero attached hydrogens (tertiary/aromatic N) is 1. The molecule has 1 aromatic carbocycles. The van der Waals surface area contributed by atoms with E-state index in [2.05, 4.69) is 19.2 Å². The van der Waals surface area contributed by atoms with Crippen LogP contribution in [0, 0.1) is 19.8 Å². The predicted molar refractivity (Wildman–Crippen MR) is 100 cm³/mol. The number of halogens is 1. The van der Waals surface area contributed by atoms with E-state index < -0.39 is 10.0 Å². The minimum absolute atomic E-state index is 0.0654. The zero-order chi connectivity index (χ0) is 18.5. The molecule has 0 aliphatic rings. The van der Waals surface area contributed by atoms with E-state index in [0.29, 0.717) is 23.2 Å². The van der Waals surface area contributed by atoms with Crippen molar-refractivity contribution in [2.75, 3.05) is 23.7 Å². The number of carbonyl (C=O) groups is 1. The summed E-state index contributed by atoms with van der Waals surface area (Å²) in [6.45, 7) is 8.54. The second kappa shape index (κ2) is 8.72. The fourth-order valence-corrected chi connectivity index (χ4v) is 3.93. The molecule has 0 aromatic heterocycles. The fourth-order valence-electron chi connectivity index (χ4n) is 2.46. The number of hydrogen-bond acceptors (Lipinski definition) is 3. The average molecular weight is 375 g/mol. The molecule has 0 aliphatic heterocycles. The molecule has 0 radical (unpaired) electrons. The van der Waals surface area contributed by atoms with Crippen LogP contribution in [0.4, 0.5) is 5.69 Å². The lowest BCUT2D eigenvalue weighted by Gasteiger charge is -2.25. The highest BCUT2D eigenvalue weighted by Crippen LogP contribution is 2.32. The van der Waals surface area contributed by atoms with Gasteiger partial charge in [0.15, 0.2) is 0 Å². The standard InChI is InChI=1S/C17H27ClN2O3S/c1-12(2)6-8-19-16(21)7-9-20(24(5,22)23)17-14(4)10-13(3)11-15(17)18/h10-12H,6-9H2,1-5H3,(H,19,21). The third kappa shape index (κ3) is 6.32. The summed E-state index contributed by atoms with van der Waals surface area (Å²) in [5.74, 6) is 0.344. The summed E-state index contributed by atoms with van der Waals surface area (Å²) in [5, 5.41) is 3.19. The molecule has 5 nitrogen and oxygen atoms in total. The van der Waals surface area contributed by atoms with Crippen molar-refractivity contribution >= 4 is 33.2 Å². The quantitative estimate of drug-likeness (QED) is 0.759. The van der Waals surface area contributed by atoms with Crippen LogP contribution in [0.25, 0.3) is 0 Å². The second-order valence-electron chi connectivity index (χ2n) is 6.53. The van der Waals surface area contributed by atoms with Crippen LogP contribution >= 0.6 is 11.6 Å². The van der Waals surface area contributed by atoms with Crippen molar-refractivity contribution in [1.82, 2.24) is 5.32 Å². The first-order valence-electron chi connectivity index (χ1n) is 8.03. The van der Waals surface area contributed by atoms with Crippen molar-refractivity contribution < 1.29 is 13.2 Å². The van der Waals surface area contributed by atoms with Gasteiger partial charge in [-0.2, -0.15) is 0 Å². The Kier molecular flexibility index (Phi) is 7.55. The molecule has 1 rings (SSSR count). The maximum atomic E-state index is 12.2. The highest BCUT2D eigenvalue weighted by atomic mass is 35.5. The van der Waals surface area contributed by atoms with Gasteiger partial charge in [0.05, 0.1) is 17.0 Å². The van der Waals surface area contributed by atoms with E-state index in [4.69, 9.17) is 11.6 Å². The summed E-state index contributed by atoms with van der Waals surface area (Å²) in [4.78, 5) is 11.9. The summed E-state index contributed by atoms with van der Waals surface area (Å²) in [7, 11) is -3.54. The Balaban J connectivity index is 2.88. The molecule has 0 heterocycles. The molecule has 1 aromatic rings. The third-order valence-corrected chi connectivity index (χ3v) is 5.09. The van der Waals surface area contributed by atoms with Crippen LogP contribution < -0.4 is 9.62 Å². The Labute approximate surface area is 150 Å². The van der Waals surface area contributed by atoms with Crippen molar-refractivity contribution in [3.05, 3.63) is 28.3 Å². The minimum Gasteiger partial charge on any atom is -0.356 e. The van der Waals surface area contributed by atoms with Crippen LogP contribution in [0.3, 0.4) is 0 Å². The number of anilines is 1. The zero-order valence-corrected chi connectivity index (χ0v) is 16.6. The molecule has 0 saturated carbocycles. The van der Waals surface area contributed by atoms with E-state index in [1.807, 2.05) is 19.9 Å². The minimum atomic E-state index is -3.54. The van der Waals surface area contributed by atoms with Gasteiger partial charge in [-0.25, -0.2) is 8.42 Å². The van der Waals surface area contributed by atoms with Crippen LogP contribution in [-0.2, 0) is 14.8 Å². The van der Waals surface area contributed by atoms with Gasteiger partial charge in [0, 0.05) is 19.5 Å². The molecule has 0 spiro atoms. The van der Waals surface area contributed by atoms with Gasteiger partial charge in [-0.3, -0.25) is 9.10 Å². The van der Waals surface area contributed by atoms with Gasteiger partial charge in [-0.15, -0.1) is 0 Å². The van der Waals surface area contributed by atoms with Gasteiger partial charge in [-0.1, -0.05) is 31.5 Å². The molecule has 24 heavy (non-hydrogen) atoms. The molecular formula is C17H27ClN2O3S. The first-order chi connectivity index (χ1) is 11.0. The Bertz CT molecular complexity index is 664. The molecule has 0 saturated heterocycles. The van der Waals surface area contributed by atoms with Gasteiger partial charge in [-0.05, 0) is 43.4 Å². The third-order valence-electron chi connectivity index (χ3n) is 3.63. The number of nitrogens with one attached hydrogen (secondary N) is 1. The largest absolute Gasteiger partial charge is 0.356 e. The first kappa shape index (κ1) is 20.8. The van der Waals surface area contributed by atoms with Crippen molar-refractivity contribution in [3.8, 4) is 0 Å². The molecule has 7 heteroatoms. The fraction of sp³-hybridized carbons (Fsp3) is 0.588. The topological polar surface area (TPSA) is 66.5 Å². The average Bonchev–Trinajstić information content (AvgIpc) is 2.39. The van der Waals surface area contributed by atoms with Crippen LogP contribution in [0.2, 0.25) is 5.02 Å². The Morgan fingerprint density at radius 2 is 1.92 bits per heavy atom. The van der Waals surface area contributed by atoms with Crippen LogP contribution in [-0.4, -0.2) is 33.7 Å². The van der Waals surface area contributed by atoms with Crippen molar-refractivity contribution in [3.63, 3.8) is 0 Å². The lowest BCUT2D eigenvalue weighted by atomic mass is 10.1. The van der Waals surface area contributed by atoms with E-state index in [0.717, 1.165) is 23.8 Å². The molecule has 0 aliphatic carbocycles. The molecule has 0 bridgehead atoms. The van der Waals surface area contributed by atoms with E-state index in [1.165, 1.54) is 4.31 Å².